The molecule has 3 heterocycles. The lowest BCUT2D eigenvalue weighted by Crippen LogP contribution is -2.66. The van der Waals surface area contributed by atoms with Crippen molar-refractivity contribution in [1.29, 1.82) is 0 Å². The maximum atomic E-state index is 13.1. The Labute approximate surface area is 160 Å². The van der Waals surface area contributed by atoms with Crippen molar-refractivity contribution in [2.75, 3.05) is 32.9 Å². The molecule has 1 aromatic carbocycles. The summed E-state index contributed by atoms with van der Waals surface area (Å²) in [5.74, 6) is 1.45. The number of carbonyl (C=O) groups excluding carboxylic acids is 1. The van der Waals surface area contributed by atoms with E-state index in [-0.39, 0.29) is 11.5 Å². The number of nitrogens with zero attached hydrogens (tertiary/aromatic N) is 2. The lowest BCUT2D eigenvalue weighted by molar-refractivity contribution is -0.120. The molecular formula is C22H28N2O3. The SMILES string of the molecule is Cn1cc(C(=O)N2CC3(C2)OCCC3CCOCC2CC2)c2ccccc21. The zero-order valence-electron chi connectivity index (χ0n) is 16.0. The molecule has 0 bridgehead atoms. The van der Waals surface area contributed by atoms with Gasteiger partial charge in [0.1, 0.15) is 5.60 Å². The van der Waals surface area contributed by atoms with Crippen molar-refractivity contribution in [3.05, 3.63) is 36.0 Å². The van der Waals surface area contributed by atoms with E-state index in [4.69, 9.17) is 9.47 Å². The number of hydrogen-bond donors (Lipinski definition) is 0. The standard InChI is InChI=1S/C22H28N2O3/c1-23-12-19(18-4-2-3-5-20(18)23)21(25)24-14-22(15-24)17(9-11-27-22)8-10-26-13-16-6-7-16/h2-5,12,16-17H,6-11,13-15H2,1H3. The first-order chi connectivity index (χ1) is 13.2. The van der Waals surface area contributed by atoms with Gasteiger partial charge in [-0.2, -0.15) is 0 Å². The fourth-order valence-corrected chi connectivity index (χ4v) is 4.73. The minimum absolute atomic E-state index is 0.122. The number of rotatable bonds is 6. The van der Waals surface area contributed by atoms with Crippen LogP contribution in [-0.4, -0.2) is 53.9 Å². The molecule has 2 aliphatic heterocycles. The van der Waals surface area contributed by atoms with E-state index >= 15 is 0 Å². The number of benzene rings is 1. The van der Waals surface area contributed by atoms with Crippen LogP contribution in [0.15, 0.2) is 30.5 Å². The largest absolute Gasteiger partial charge is 0.381 e. The number of aromatic nitrogens is 1. The summed E-state index contributed by atoms with van der Waals surface area (Å²) in [5, 5.41) is 1.03. The van der Waals surface area contributed by atoms with Gasteiger partial charge in [-0.15, -0.1) is 0 Å². The summed E-state index contributed by atoms with van der Waals surface area (Å²) in [6.45, 7) is 3.98. The van der Waals surface area contributed by atoms with Crippen molar-refractivity contribution < 1.29 is 14.3 Å². The monoisotopic (exact) mass is 368 g/mol. The first-order valence-electron chi connectivity index (χ1n) is 10.2. The van der Waals surface area contributed by atoms with Crippen LogP contribution in [0.1, 0.15) is 36.0 Å². The summed E-state index contributed by atoms with van der Waals surface area (Å²) in [5.41, 5.74) is 1.76. The molecule has 27 heavy (non-hydrogen) atoms. The summed E-state index contributed by atoms with van der Waals surface area (Å²) in [4.78, 5) is 15.0. The third kappa shape index (κ3) is 3.07. The number of ether oxygens (including phenoxy) is 2. The van der Waals surface area contributed by atoms with Gasteiger partial charge >= 0.3 is 0 Å². The smallest absolute Gasteiger partial charge is 0.256 e. The fraction of sp³-hybridized carbons (Fsp3) is 0.591. The van der Waals surface area contributed by atoms with Gasteiger partial charge in [0.2, 0.25) is 0 Å². The van der Waals surface area contributed by atoms with Gasteiger partial charge in [0.25, 0.3) is 5.91 Å². The Morgan fingerprint density at radius 2 is 2.07 bits per heavy atom. The van der Waals surface area contributed by atoms with Crippen molar-refractivity contribution in [1.82, 2.24) is 9.47 Å². The number of amides is 1. The first kappa shape index (κ1) is 17.3. The molecule has 1 aliphatic carbocycles. The van der Waals surface area contributed by atoms with Crippen LogP contribution in [0.5, 0.6) is 0 Å². The van der Waals surface area contributed by atoms with Crippen LogP contribution in [-0.2, 0) is 16.5 Å². The number of aryl methyl sites for hydroxylation is 1. The molecule has 1 atom stereocenters. The summed E-state index contributed by atoms with van der Waals surface area (Å²) in [6.07, 6.45) is 6.76. The molecule has 5 rings (SSSR count). The molecule has 144 valence electrons. The van der Waals surface area contributed by atoms with Crippen LogP contribution in [0.4, 0.5) is 0 Å². The molecular weight excluding hydrogens is 340 g/mol. The predicted octanol–water partition coefficient (Wildman–Crippen LogP) is 3.23. The van der Waals surface area contributed by atoms with Crippen LogP contribution in [0.2, 0.25) is 0 Å². The second-order valence-electron chi connectivity index (χ2n) is 8.54. The van der Waals surface area contributed by atoms with Crippen LogP contribution in [0.3, 0.4) is 0 Å². The van der Waals surface area contributed by atoms with Crippen LogP contribution in [0.25, 0.3) is 10.9 Å². The second kappa shape index (κ2) is 6.64. The second-order valence-corrected chi connectivity index (χ2v) is 8.54. The highest BCUT2D eigenvalue weighted by molar-refractivity contribution is 6.07. The van der Waals surface area contributed by atoms with Gasteiger partial charge in [-0.25, -0.2) is 0 Å². The number of hydrogen-bond acceptors (Lipinski definition) is 3. The quantitative estimate of drug-likeness (QED) is 0.736. The van der Waals surface area contributed by atoms with Gasteiger partial charge in [0, 0.05) is 44.0 Å². The molecule has 1 amide bonds. The molecule has 1 aromatic heterocycles. The molecule has 0 radical (unpaired) electrons. The summed E-state index contributed by atoms with van der Waals surface area (Å²) >= 11 is 0. The molecule has 1 spiro atoms. The van der Waals surface area contributed by atoms with Crippen LogP contribution in [0, 0.1) is 11.8 Å². The lowest BCUT2D eigenvalue weighted by atomic mass is 9.79. The summed E-state index contributed by atoms with van der Waals surface area (Å²) in [7, 11) is 1.99. The molecule has 5 heteroatoms. The maximum absolute atomic E-state index is 13.1. The maximum Gasteiger partial charge on any atom is 0.256 e. The molecule has 3 aliphatic rings. The van der Waals surface area contributed by atoms with E-state index in [9.17, 15) is 4.79 Å². The molecule has 3 fully saturated rings. The molecule has 0 N–H and O–H groups in total. The van der Waals surface area contributed by atoms with E-state index < -0.39 is 0 Å². The van der Waals surface area contributed by atoms with Crippen molar-refractivity contribution in [2.24, 2.45) is 18.9 Å². The number of fused-ring (bicyclic) bond motifs is 1. The Morgan fingerprint density at radius 1 is 1.26 bits per heavy atom. The molecule has 2 aromatic rings. The minimum Gasteiger partial charge on any atom is -0.381 e. The molecule has 5 nitrogen and oxygen atoms in total. The van der Waals surface area contributed by atoms with E-state index in [1.165, 1.54) is 12.8 Å². The minimum atomic E-state index is -0.136. The Hall–Kier alpha value is -1.85. The Bertz CT molecular complexity index is 848. The molecule has 2 saturated heterocycles. The van der Waals surface area contributed by atoms with E-state index in [0.717, 1.165) is 55.0 Å². The highest BCUT2D eigenvalue weighted by atomic mass is 16.5. The third-order valence-corrected chi connectivity index (χ3v) is 6.59. The highest BCUT2D eigenvalue weighted by Gasteiger charge is 2.54. The average molecular weight is 368 g/mol. The van der Waals surface area contributed by atoms with Gasteiger partial charge in [-0.05, 0) is 43.6 Å². The van der Waals surface area contributed by atoms with Gasteiger partial charge < -0.3 is 18.9 Å². The summed E-state index contributed by atoms with van der Waals surface area (Å²) < 4.78 is 14.0. The van der Waals surface area contributed by atoms with E-state index in [0.29, 0.717) is 19.0 Å². The number of carbonyl (C=O) groups is 1. The van der Waals surface area contributed by atoms with Gasteiger partial charge in [0.05, 0.1) is 18.7 Å². The van der Waals surface area contributed by atoms with Crippen LogP contribution < -0.4 is 0 Å². The van der Waals surface area contributed by atoms with Gasteiger partial charge in [-0.3, -0.25) is 4.79 Å². The normalized spacial score (nSPS) is 23.9. The summed E-state index contributed by atoms with van der Waals surface area (Å²) in [6, 6.07) is 8.09. The van der Waals surface area contributed by atoms with Crippen molar-refractivity contribution in [2.45, 2.75) is 31.3 Å². The van der Waals surface area contributed by atoms with Crippen molar-refractivity contribution >= 4 is 16.8 Å². The van der Waals surface area contributed by atoms with Crippen molar-refractivity contribution in [3.8, 4) is 0 Å². The predicted molar refractivity (Wildman–Crippen MR) is 104 cm³/mol. The number of para-hydroxylation sites is 1. The average Bonchev–Trinajstić information content (AvgIpc) is 3.28. The van der Waals surface area contributed by atoms with Crippen molar-refractivity contribution in [3.63, 3.8) is 0 Å². The van der Waals surface area contributed by atoms with E-state index in [1.54, 1.807) is 0 Å². The van der Waals surface area contributed by atoms with Gasteiger partial charge in [-0.1, -0.05) is 18.2 Å². The zero-order chi connectivity index (χ0) is 18.4. The topological polar surface area (TPSA) is 43.7 Å². The highest BCUT2D eigenvalue weighted by Crippen LogP contribution is 2.42. The Balaban J connectivity index is 1.22. The zero-order valence-corrected chi connectivity index (χ0v) is 16.0. The van der Waals surface area contributed by atoms with Gasteiger partial charge in [0.15, 0.2) is 0 Å². The third-order valence-electron chi connectivity index (χ3n) is 6.59. The number of likely N-dealkylation sites (tertiary alicyclic amines) is 1. The van der Waals surface area contributed by atoms with E-state index in [1.807, 2.05) is 40.9 Å². The van der Waals surface area contributed by atoms with E-state index in [2.05, 4.69) is 6.07 Å². The Kier molecular flexibility index (Phi) is 4.25. The molecule has 1 unspecified atom stereocenters. The molecule has 1 saturated carbocycles. The van der Waals surface area contributed by atoms with Crippen LogP contribution >= 0.6 is 0 Å². The lowest BCUT2D eigenvalue weighted by Gasteiger charge is -2.50. The fourth-order valence-electron chi connectivity index (χ4n) is 4.73. The first-order valence-corrected chi connectivity index (χ1v) is 10.2. The Morgan fingerprint density at radius 3 is 2.89 bits per heavy atom.